The Balaban J connectivity index is 1.10. The Morgan fingerprint density at radius 1 is 1.22 bits per heavy atom. The number of piperidine rings is 1. The van der Waals surface area contributed by atoms with Crippen LogP contribution in [0.3, 0.4) is 0 Å². The number of aliphatic imine (C=N–C) groups is 1. The second-order valence-corrected chi connectivity index (χ2v) is 12.8. The number of nitrogens with zero attached hydrogens (tertiary/aromatic N) is 2. The van der Waals surface area contributed by atoms with Gasteiger partial charge in [-0.15, -0.1) is 0 Å². The van der Waals surface area contributed by atoms with Gasteiger partial charge in [-0.3, -0.25) is 19.4 Å². The van der Waals surface area contributed by atoms with Crippen molar-refractivity contribution >= 4 is 34.7 Å². The van der Waals surface area contributed by atoms with E-state index in [4.69, 9.17) is 9.73 Å². The molecule has 8 nitrogen and oxygen atoms in total. The van der Waals surface area contributed by atoms with E-state index in [2.05, 4.69) is 10.6 Å². The van der Waals surface area contributed by atoms with E-state index in [1.807, 2.05) is 30.0 Å². The third kappa shape index (κ3) is 6.13. The highest BCUT2D eigenvalue weighted by molar-refractivity contribution is 8.16. The number of amides is 3. The number of rotatable bonds is 8. The minimum absolute atomic E-state index is 0.00485. The molecule has 1 unspecified atom stereocenters. The van der Waals surface area contributed by atoms with E-state index < -0.39 is 4.75 Å². The normalized spacial score (nSPS) is 30.5. The van der Waals surface area contributed by atoms with Gasteiger partial charge < -0.3 is 20.3 Å². The molecule has 2 N–H and O–H groups in total. The van der Waals surface area contributed by atoms with Crippen molar-refractivity contribution in [3.05, 3.63) is 29.8 Å². The van der Waals surface area contributed by atoms with E-state index >= 15 is 0 Å². The van der Waals surface area contributed by atoms with Crippen molar-refractivity contribution in [1.29, 1.82) is 0 Å². The molecule has 2 bridgehead atoms. The van der Waals surface area contributed by atoms with Crippen LogP contribution < -0.4 is 15.4 Å². The maximum atomic E-state index is 13.1. The van der Waals surface area contributed by atoms with Gasteiger partial charge in [0.05, 0.1) is 17.3 Å². The summed E-state index contributed by atoms with van der Waals surface area (Å²) in [7, 11) is 0. The number of hydrogen-bond donors (Lipinski definition) is 2. The number of fused-ring (bicyclic) bond motifs is 2. The summed E-state index contributed by atoms with van der Waals surface area (Å²) in [6.45, 7) is 5.66. The van der Waals surface area contributed by atoms with Gasteiger partial charge in [0.15, 0.2) is 5.17 Å². The van der Waals surface area contributed by atoms with Gasteiger partial charge in [-0.1, -0.05) is 24.2 Å². The molecule has 2 aliphatic heterocycles. The van der Waals surface area contributed by atoms with Gasteiger partial charge in [-0.25, -0.2) is 0 Å². The van der Waals surface area contributed by atoms with Crippen LogP contribution in [0.25, 0.3) is 0 Å². The van der Waals surface area contributed by atoms with Crippen LogP contribution in [0.1, 0.15) is 69.2 Å². The van der Waals surface area contributed by atoms with Crippen LogP contribution in [0.15, 0.2) is 29.3 Å². The summed E-state index contributed by atoms with van der Waals surface area (Å²) in [6, 6.07) is 7.60. The third-order valence-corrected chi connectivity index (χ3v) is 9.62. The first kappa shape index (κ1) is 26.1. The summed E-state index contributed by atoms with van der Waals surface area (Å²) in [6.07, 6.45) is 7.71. The van der Waals surface area contributed by atoms with Crippen molar-refractivity contribution < 1.29 is 19.1 Å². The number of nitrogens with one attached hydrogen (secondary N) is 2. The largest absolute Gasteiger partial charge is 0.492 e. The molecule has 5 rings (SSSR count). The molecule has 2 aliphatic carbocycles. The highest BCUT2D eigenvalue weighted by Gasteiger charge is 2.46. The molecule has 1 aromatic carbocycles. The lowest BCUT2D eigenvalue weighted by molar-refractivity contribution is -0.121. The standard InChI is InChI=1S/C28H38N4O4S/c1-18(33)29-10-13-36-23-5-3-4-22(16-23)25(34)32-11-8-19(9-12-32)17-28(2)26(35)31-27(37-28)30-24-15-20-6-7-21(24)14-20/h3-5,16,19-21,24H,6-15,17H2,1-2H3,(H,29,33)(H,30,31,35)/t20-,21+,24+,28?/m1/s1. The maximum absolute atomic E-state index is 13.1. The van der Waals surface area contributed by atoms with Crippen molar-refractivity contribution in [3.63, 3.8) is 0 Å². The lowest BCUT2D eigenvalue weighted by atomic mass is 9.87. The van der Waals surface area contributed by atoms with Crippen LogP contribution in [0.2, 0.25) is 0 Å². The third-order valence-electron chi connectivity index (χ3n) is 8.41. The van der Waals surface area contributed by atoms with Gasteiger partial charge in [0.2, 0.25) is 11.8 Å². The first-order chi connectivity index (χ1) is 17.8. The molecule has 4 atom stereocenters. The van der Waals surface area contributed by atoms with Crippen molar-refractivity contribution in [3.8, 4) is 5.75 Å². The first-order valence-electron chi connectivity index (χ1n) is 13.6. The zero-order chi connectivity index (χ0) is 26.0. The first-order valence-corrected chi connectivity index (χ1v) is 14.5. The summed E-state index contributed by atoms with van der Waals surface area (Å²) < 4.78 is 5.19. The lowest BCUT2D eigenvalue weighted by Gasteiger charge is -2.34. The Morgan fingerprint density at radius 2 is 2.03 bits per heavy atom. The number of hydrogen-bond acceptors (Lipinski definition) is 6. The summed E-state index contributed by atoms with van der Waals surface area (Å²) >= 11 is 1.62. The molecule has 4 fully saturated rings. The van der Waals surface area contributed by atoms with Crippen molar-refractivity contribution in [1.82, 2.24) is 15.5 Å². The molecular formula is C28H38N4O4S. The maximum Gasteiger partial charge on any atom is 0.253 e. The van der Waals surface area contributed by atoms with Crippen molar-refractivity contribution in [2.75, 3.05) is 26.2 Å². The molecule has 2 saturated heterocycles. The van der Waals surface area contributed by atoms with Crippen LogP contribution >= 0.6 is 11.8 Å². The fourth-order valence-corrected chi connectivity index (χ4v) is 7.64. The summed E-state index contributed by atoms with van der Waals surface area (Å²) in [5, 5.41) is 6.58. The van der Waals surface area contributed by atoms with Crippen LogP contribution in [0.5, 0.6) is 5.75 Å². The van der Waals surface area contributed by atoms with Crippen LogP contribution in [-0.2, 0) is 9.59 Å². The predicted molar refractivity (Wildman–Crippen MR) is 145 cm³/mol. The zero-order valence-electron chi connectivity index (χ0n) is 21.8. The minimum Gasteiger partial charge on any atom is -0.492 e. The van der Waals surface area contributed by atoms with Crippen LogP contribution in [0, 0.1) is 17.8 Å². The predicted octanol–water partition coefficient (Wildman–Crippen LogP) is 3.61. The van der Waals surface area contributed by atoms with E-state index in [9.17, 15) is 14.4 Å². The molecule has 3 amide bonds. The Kier molecular flexibility index (Phi) is 7.79. The minimum atomic E-state index is -0.490. The molecular weight excluding hydrogens is 488 g/mol. The quantitative estimate of drug-likeness (QED) is 0.504. The number of likely N-dealkylation sites (tertiary alicyclic amines) is 1. The Morgan fingerprint density at radius 3 is 2.73 bits per heavy atom. The molecule has 200 valence electrons. The highest BCUT2D eigenvalue weighted by atomic mass is 32.2. The molecule has 1 aromatic rings. The van der Waals surface area contributed by atoms with Crippen molar-refractivity contribution in [2.24, 2.45) is 22.7 Å². The average molecular weight is 527 g/mol. The summed E-state index contributed by atoms with van der Waals surface area (Å²) in [5.41, 5.74) is 0.606. The van der Waals surface area contributed by atoms with E-state index in [-0.39, 0.29) is 17.7 Å². The van der Waals surface area contributed by atoms with Crippen LogP contribution in [0.4, 0.5) is 0 Å². The molecule has 2 heterocycles. The molecule has 9 heteroatoms. The van der Waals surface area contributed by atoms with Gasteiger partial charge in [-0.05, 0) is 81.4 Å². The van der Waals surface area contributed by atoms with Gasteiger partial charge >= 0.3 is 0 Å². The number of carbonyl (C=O) groups excluding carboxylic acids is 3. The van der Waals surface area contributed by atoms with Gasteiger partial charge in [-0.2, -0.15) is 0 Å². The van der Waals surface area contributed by atoms with Crippen molar-refractivity contribution in [2.45, 2.75) is 69.6 Å². The second-order valence-electron chi connectivity index (χ2n) is 11.3. The van der Waals surface area contributed by atoms with E-state index in [0.717, 1.165) is 30.3 Å². The Bertz CT molecular complexity index is 1070. The second kappa shape index (κ2) is 11.1. The number of benzene rings is 1. The summed E-state index contributed by atoms with van der Waals surface area (Å²) in [5.74, 6) is 2.55. The average Bonchev–Trinajstić information content (AvgIpc) is 3.57. The number of ether oxygens (including phenoxy) is 1. The fourth-order valence-electron chi connectivity index (χ4n) is 6.42. The van der Waals surface area contributed by atoms with E-state index in [1.165, 1.54) is 32.6 Å². The monoisotopic (exact) mass is 526 g/mol. The SMILES string of the molecule is CC(=O)NCCOc1cccc(C(=O)N2CCC(CC3(C)SC(=N[C@H]4C[C@@H]5CC[C@H]4C5)NC3=O)CC2)c1. The summed E-state index contributed by atoms with van der Waals surface area (Å²) in [4.78, 5) is 43.9. The molecule has 4 aliphatic rings. The Labute approximate surface area is 223 Å². The zero-order valence-corrected chi connectivity index (χ0v) is 22.6. The topological polar surface area (TPSA) is 100 Å². The smallest absolute Gasteiger partial charge is 0.253 e. The molecule has 2 saturated carbocycles. The molecule has 37 heavy (non-hydrogen) atoms. The number of amidine groups is 1. The molecule has 0 aromatic heterocycles. The molecule has 0 spiro atoms. The van der Waals surface area contributed by atoms with E-state index in [1.54, 1.807) is 17.8 Å². The number of thioether (sulfide) groups is 1. The highest BCUT2D eigenvalue weighted by Crippen LogP contribution is 2.47. The van der Waals surface area contributed by atoms with E-state index in [0.29, 0.717) is 55.4 Å². The molecule has 0 radical (unpaired) electrons. The lowest BCUT2D eigenvalue weighted by Crippen LogP contribution is -2.41. The van der Waals surface area contributed by atoms with Gasteiger partial charge in [0.25, 0.3) is 5.91 Å². The Hall–Kier alpha value is -2.55. The van der Waals surface area contributed by atoms with Gasteiger partial charge in [0.1, 0.15) is 12.4 Å². The van der Waals surface area contributed by atoms with Gasteiger partial charge in [0, 0.05) is 25.6 Å². The number of carbonyl (C=O) groups is 3. The van der Waals surface area contributed by atoms with Crippen LogP contribution in [-0.4, -0.2) is 64.8 Å². The fraction of sp³-hybridized carbons (Fsp3) is 0.643.